The number of thioether (sulfide) groups is 1. The molecule has 1 saturated heterocycles. The lowest BCUT2D eigenvalue weighted by atomic mass is 9.89. The lowest BCUT2D eigenvalue weighted by Crippen LogP contribution is -2.22. The molecule has 31 heavy (non-hydrogen) atoms. The quantitative estimate of drug-likeness (QED) is 0.235. The van der Waals surface area contributed by atoms with E-state index in [1.807, 2.05) is 0 Å². The zero-order chi connectivity index (χ0) is 22.2. The molecule has 0 atom stereocenters. The molecule has 1 aromatic rings. The largest absolute Gasteiger partial charge is 0.493 e. The van der Waals surface area contributed by atoms with E-state index in [1.165, 1.54) is 20.4 Å². The SMILES string of the molecule is COC(=O)/C=C1/S/C(=N\N=Cc2ccc(OC(=O)C3CCCCC3)c(OC)c2)NC1=O. The van der Waals surface area contributed by atoms with Crippen LogP contribution in [0.3, 0.4) is 0 Å². The van der Waals surface area contributed by atoms with Crippen LogP contribution in [0.2, 0.25) is 0 Å². The van der Waals surface area contributed by atoms with E-state index in [1.54, 1.807) is 18.2 Å². The number of hydrogen-bond acceptors (Lipinski definition) is 9. The van der Waals surface area contributed by atoms with Crippen molar-refractivity contribution in [2.45, 2.75) is 32.1 Å². The Morgan fingerprint density at radius 1 is 1.16 bits per heavy atom. The number of rotatable bonds is 6. The van der Waals surface area contributed by atoms with Gasteiger partial charge in [-0.3, -0.25) is 14.9 Å². The molecular formula is C21H23N3O6S. The molecule has 10 heteroatoms. The number of nitrogens with zero attached hydrogens (tertiary/aromatic N) is 2. The smallest absolute Gasteiger partial charge is 0.331 e. The summed E-state index contributed by atoms with van der Waals surface area (Å²) < 4.78 is 15.4. The van der Waals surface area contributed by atoms with E-state index in [0.717, 1.165) is 49.9 Å². The van der Waals surface area contributed by atoms with E-state index in [0.29, 0.717) is 17.1 Å². The van der Waals surface area contributed by atoms with Gasteiger partial charge in [-0.25, -0.2) is 4.79 Å². The fourth-order valence-corrected chi connectivity index (χ4v) is 3.91. The van der Waals surface area contributed by atoms with Crippen LogP contribution < -0.4 is 14.8 Å². The van der Waals surface area contributed by atoms with Crippen molar-refractivity contribution in [1.29, 1.82) is 0 Å². The van der Waals surface area contributed by atoms with E-state index in [2.05, 4.69) is 20.3 Å². The monoisotopic (exact) mass is 445 g/mol. The first kappa shape index (κ1) is 22.5. The second-order valence-electron chi connectivity index (χ2n) is 6.90. The van der Waals surface area contributed by atoms with Gasteiger partial charge in [0, 0.05) is 6.08 Å². The number of benzene rings is 1. The molecule has 3 rings (SSSR count). The normalized spacial score (nSPS) is 19.6. The molecule has 2 aliphatic rings. The van der Waals surface area contributed by atoms with Crippen molar-refractivity contribution < 1.29 is 28.6 Å². The second kappa shape index (κ2) is 10.8. The molecule has 1 N–H and O–H groups in total. The van der Waals surface area contributed by atoms with Gasteiger partial charge in [-0.2, -0.15) is 5.10 Å². The Kier molecular flexibility index (Phi) is 7.82. The van der Waals surface area contributed by atoms with E-state index in [-0.39, 0.29) is 22.0 Å². The number of hydrogen-bond donors (Lipinski definition) is 1. The van der Waals surface area contributed by atoms with Gasteiger partial charge >= 0.3 is 11.9 Å². The average molecular weight is 445 g/mol. The van der Waals surface area contributed by atoms with Crippen molar-refractivity contribution in [3.8, 4) is 11.5 Å². The molecule has 164 valence electrons. The van der Waals surface area contributed by atoms with Gasteiger partial charge in [0.25, 0.3) is 5.91 Å². The van der Waals surface area contributed by atoms with E-state index in [4.69, 9.17) is 9.47 Å². The van der Waals surface area contributed by atoms with Crippen LogP contribution in [0.4, 0.5) is 0 Å². The van der Waals surface area contributed by atoms with Crippen LogP contribution in [0, 0.1) is 5.92 Å². The van der Waals surface area contributed by atoms with Gasteiger partial charge in [0.15, 0.2) is 16.7 Å². The summed E-state index contributed by atoms with van der Waals surface area (Å²) in [6, 6.07) is 5.05. The molecule has 1 aliphatic carbocycles. The minimum atomic E-state index is -0.626. The number of carbonyl (C=O) groups is 3. The lowest BCUT2D eigenvalue weighted by Gasteiger charge is -2.20. The highest BCUT2D eigenvalue weighted by molar-refractivity contribution is 8.18. The molecule has 1 aliphatic heterocycles. The van der Waals surface area contributed by atoms with E-state index < -0.39 is 11.9 Å². The number of esters is 2. The number of methoxy groups -OCH3 is 2. The fourth-order valence-electron chi connectivity index (χ4n) is 3.17. The minimum absolute atomic E-state index is 0.0623. The van der Waals surface area contributed by atoms with E-state index in [9.17, 15) is 14.4 Å². The highest BCUT2D eigenvalue weighted by Crippen LogP contribution is 2.31. The molecule has 0 bridgehead atoms. The van der Waals surface area contributed by atoms with Crippen molar-refractivity contribution >= 4 is 41.0 Å². The second-order valence-corrected chi connectivity index (χ2v) is 7.93. The van der Waals surface area contributed by atoms with Crippen molar-refractivity contribution in [2.75, 3.05) is 14.2 Å². The predicted octanol–water partition coefficient (Wildman–Crippen LogP) is 2.79. The zero-order valence-electron chi connectivity index (χ0n) is 17.3. The minimum Gasteiger partial charge on any atom is -0.493 e. The number of carbonyl (C=O) groups excluding carboxylic acids is 3. The third-order valence-corrected chi connectivity index (χ3v) is 5.69. The Morgan fingerprint density at radius 3 is 2.65 bits per heavy atom. The fraction of sp³-hybridized carbons (Fsp3) is 0.381. The van der Waals surface area contributed by atoms with Crippen LogP contribution in [0.1, 0.15) is 37.7 Å². The molecule has 9 nitrogen and oxygen atoms in total. The Morgan fingerprint density at radius 2 is 1.94 bits per heavy atom. The van der Waals surface area contributed by atoms with Gasteiger partial charge in [-0.15, -0.1) is 5.10 Å². The molecule has 0 radical (unpaired) electrons. The van der Waals surface area contributed by atoms with Crippen LogP contribution in [0.25, 0.3) is 0 Å². The van der Waals surface area contributed by atoms with E-state index >= 15 is 0 Å². The average Bonchev–Trinajstić information content (AvgIpc) is 3.13. The molecular weight excluding hydrogens is 422 g/mol. The van der Waals surface area contributed by atoms with Gasteiger partial charge in [-0.1, -0.05) is 19.3 Å². The Balaban J connectivity index is 1.64. The van der Waals surface area contributed by atoms with Crippen molar-refractivity contribution in [1.82, 2.24) is 5.32 Å². The zero-order valence-corrected chi connectivity index (χ0v) is 18.1. The maximum absolute atomic E-state index is 12.4. The van der Waals surface area contributed by atoms with Crippen LogP contribution in [-0.2, 0) is 19.1 Å². The molecule has 1 aromatic carbocycles. The summed E-state index contributed by atoms with van der Waals surface area (Å²) in [5, 5.41) is 10.6. The van der Waals surface area contributed by atoms with Crippen molar-refractivity contribution in [3.63, 3.8) is 0 Å². The summed E-state index contributed by atoms with van der Waals surface area (Å²) in [5.74, 6) is -0.595. The Bertz CT molecular complexity index is 950. The molecule has 2 fully saturated rings. The first-order valence-electron chi connectivity index (χ1n) is 9.79. The molecule has 1 heterocycles. The molecule has 1 amide bonds. The first-order chi connectivity index (χ1) is 15.0. The Hall–Kier alpha value is -3.14. The van der Waals surface area contributed by atoms with Crippen LogP contribution in [-0.4, -0.2) is 43.4 Å². The maximum Gasteiger partial charge on any atom is 0.331 e. The third kappa shape index (κ3) is 6.17. The number of nitrogens with one attached hydrogen (secondary N) is 1. The van der Waals surface area contributed by atoms with Crippen LogP contribution in [0.15, 0.2) is 39.4 Å². The predicted molar refractivity (Wildman–Crippen MR) is 116 cm³/mol. The van der Waals surface area contributed by atoms with Crippen LogP contribution >= 0.6 is 11.8 Å². The maximum atomic E-state index is 12.4. The first-order valence-corrected chi connectivity index (χ1v) is 10.6. The van der Waals surface area contributed by atoms with Crippen LogP contribution in [0.5, 0.6) is 11.5 Å². The van der Waals surface area contributed by atoms with Gasteiger partial charge in [0.2, 0.25) is 0 Å². The van der Waals surface area contributed by atoms with Gasteiger partial charge in [0.1, 0.15) is 0 Å². The summed E-state index contributed by atoms with van der Waals surface area (Å²) in [4.78, 5) is 35.6. The van der Waals surface area contributed by atoms with Gasteiger partial charge < -0.3 is 14.2 Å². The molecule has 0 aromatic heterocycles. The summed E-state index contributed by atoms with van der Waals surface area (Å²) >= 11 is 0.982. The van der Waals surface area contributed by atoms with Gasteiger partial charge in [0.05, 0.1) is 31.3 Å². The topological polar surface area (TPSA) is 116 Å². The lowest BCUT2D eigenvalue weighted by molar-refractivity contribution is -0.140. The summed E-state index contributed by atoms with van der Waals surface area (Å²) in [6.07, 6.45) is 7.54. The van der Waals surface area contributed by atoms with Crippen molar-refractivity contribution in [2.24, 2.45) is 16.1 Å². The summed E-state index contributed by atoms with van der Waals surface area (Å²) in [6.45, 7) is 0. The van der Waals surface area contributed by atoms with Gasteiger partial charge in [-0.05, 0) is 48.4 Å². The molecule has 0 spiro atoms. The highest BCUT2D eigenvalue weighted by atomic mass is 32.2. The molecule has 1 saturated carbocycles. The number of amides is 1. The van der Waals surface area contributed by atoms with Crippen molar-refractivity contribution in [3.05, 3.63) is 34.7 Å². The molecule has 0 unspecified atom stereocenters. The third-order valence-electron chi connectivity index (χ3n) is 4.79. The number of amidine groups is 1. The number of ether oxygens (including phenoxy) is 3. The highest BCUT2D eigenvalue weighted by Gasteiger charge is 2.25. The summed E-state index contributed by atoms with van der Waals surface area (Å²) in [5.41, 5.74) is 0.665. The Labute approximate surface area is 183 Å². The standard InChI is InChI=1S/C21H23N3O6S/c1-28-16-10-13(8-9-15(16)30-20(27)14-6-4-3-5-7-14)12-22-24-21-23-19(26)17(31-21)11-18(25)29-2/h8-12,14H,3-7H2,1-2H3,(H,23,24,26)/b17-11+,22-12?. The summed E-state index contributed by atoms with van der Waals surface area (Å²) in [7, 11) is 2.72.